The number of ether oxygens (including phenoxy) is 1. The van der Waals surface area contributed by atoms with Gasteiger partial charge in [0.25, 0.3) is 0 Å². The van der Waals surface area contributed by atoms with Crippen molar-refractivity contribution in [3.63, 3.8) is 0 Å². The lowest BCUT2D eigenvalue weighted by atomic mass is 9.74. The first-order valence-electron chi connectivity index (χ1n) is 11.8. The molecule has 0 spiro atoms. The number of rotatable bonds is 6. The third-order valence-electron chi connectivity index (χ3n) is 7.06. The minimum atomic E-state index is -0.0358. The van der Waals surface area contributed by atoms with Crippen LogP contribution >= 0.6 is 35.6 Å². The van der Waals surface area contributed by atoms with E-state index >= 15 is 0 Å². The van der Waals surface area contributed by atoms with Crippen molar-refractivity contribution in [2.24, 2.45) is 10.9 Å². The van der Waals surface area contributed by atoms with Crippen LogP contribution in [0.3, 0.4) is 0 Å². The maximum Gasteiger partial charge on any atom is 0.193 e. The zero-order valence-corrected chi connectivity index (χ0v) is 21.9. The Balaban J connectivity index is 0.00000272. The summed E-state index contributed by atoms with van der Waals surface area (Å²) in [4.78, 5) is 10.3. The first-order valence-corrected chi connectivity index (χ1v) is 12.2. The molecule has 1 unspecified atom stereocenters. The molecule has 5 nitrogen and oxygen atoms in total. The molecule has 31 heavy (non-hydrogen) atoms. The van der Waals surface area contributed by atoms with Crippen LogP contribution in [0.1, 0.15) is 44.6 Å². The number of aliphatic imine (C=N–C) groups is 1. The second kappa shape index (κ2) is 12.1. The molecular formula is C24H38ClIN4O. The number of benzene rings is 1. The molecule has 4 rings (SSSR count). The quantitative estimate of drug-likeness (QED) is 0.318. The molecule has 3 aliphatic rings. The number of nitrogens with one attached hydrogen (secondary N) is 1. The molecule has 1 N–H and O–H groups in total. The molecule has 1 aromatic rings. The van der Waals surface area contributed by atoms with Crippen molar-refractivity contribution in [1.29, 1.82) is 0 Å². The molecule has 1 aromatic carbocycles. The van der Waals surface area contributed by atoms with Gasteiger partial charge in [-0.05, 0) is 69.7 Å². The van der Waals surface area contributed by atoms with E-state index in [1.54, 1.807) is 0 Å². The van der Waals surface area contributed by atoms with Gasteiger partial charge >= 0.3 is 0 Å². The number of likely N-dealkylation sites (tertiary alicyclic amines) is 2. The van der Waals surface area contributed by atoms with Gasteiger partial charge in [-0.2, -0.15) is 0 Å². The molecule has 1 atom stereocenters. The Hall–Kier alpha value is -0.570. The standard InChI is InChI=1S/C24H37ClN4O.HI/c1-2-26-23(29-14-9-20(18-29)17-28-12-5-6-13-28)27-19-24(10-15-30-16-11-24)21-7-3-4-8-22(21)25;/h3-4,7-8,20H,2,5-6,9-19H2,1H3,(H,26,27);1H. The molecule has 174 valence electrons. The molecule has 0 aliphatic carbocycles. The summed E-state index contributed by atoms with van der Waals surface area (Å²) in [6.45, 7) is 11.4. The summed E-state index contributed by atoms with van der Waals surface area (Å²) in [6, 6.07) is 8.29. The van der Waals surface area contributed by atoms with Crippen molar-refractivity contribution in [2.75, 3.05) is 59.0 Å². The van der Waals surface area contributed by atoms with E-state index in [1.807, 2.05) is 12.1 Å². The number of hydrogen-bond donors (Lipinski definition) is 1. The summed E-state index contributed by atoms with van der Waals surface area (Å²) < 4.78 is 5.70. The van der Waals surface area contributed by atoms with Gasteiger partial charge in [-0.1, -0.05) is 29.8 Å². The van der Waals surface area contributed by atoms with Crippen LogP contribution in [0.25, 0.3) is 0 Å². The van der Waals surface area contributed by atoms with Gasteiger partial charge in [-0.3, -0.25) is 4.99 Å². The Morgan fingerprint density at radius 2 is 1.94 bits per heavy atom. The SMILES string of the molecule is CCNC(=NCC1(c2ccccc2Cl)CCOCC1)N1CCC(CN2CCCC2)C1.I. The minimum Gasteiger partial charge on any atom is -0.381 e. The predicted molar refractivity (Wildman–Crippen MR) is 140 cm³/mol. The summed E-state index contributed by atoms with van der Waals surface area (Å²) >= 11 is 6.63. The summed E-state index contributed by atoms with van der Waals surface area (Å²) in [5, 5.41) is 4.41. The van der Waals surface area contributed by atoms with Crippen LogP contribution in [-0.4, -0.2) is 74.8 Å². The van der Waals surface area contributed by atoms with Crippen LogP contribution in [0.2, 0.25) is 5.02 Å². The average molecular weight is 561 g/mol. The van der Waals surface area contributed by atoms with Crippen LogP contribution in [0, 0.1) is 5.92 Å². The largest absolute Gasteiger partial charge is 0.381 e. The van der Waals surface area contributed by atoms with Gasteiger partial charge in [0.1, 0.15) is 0 Å². The maximum absolute atomic E-state index is 6.63. The Labute approximate surface area is 210 Å². The van der Waals surface area contributed by atoms with Gasteiger partial charge < -0.3 is 19.9 Å². The van der Waals surface area contributed by atoms with E-state index < -0.39 is 0 Å². The molecule has 3 saturated heterocycles. The van der Waals surface area contributed by atoms with Crippen molar-refractivity contribution in [1.82, 2.24) is 15.1 Å². The summed E-state index contributed by atoms with van der Waals surface area (Å²) in [7, 11) is 0. The van der Waals surface area contributed by atoms with E-state index in [9.17, 15) is 0 Å². The lowest BCUT2D eigenvalue weighted by Crippen LogP contribution is -2.43. The number of guanidine groups is 1. The lowest BCUT2D eigenvalue weighted by molar-refractivity contribution is 0.0530. The van der Waals surface area contributed by atoms with Gasteiger partial charge in [-0.15, -0.1) is 24.0 Å². The van der Waals surface area contributed by atoms with Crippen LogP contribution in [0.15, 0.2) is 29.3 Å². The highest BCUT2D eigenvalue weighted by Crippen LogP contribution is 2.39. The van der Waals surface area contributed by atoms with E-state index in [0.29, 0.717) is 0 Å². The fourth-order valence-corrected chi connectivity index (χ4v) is 5.66. The van der Waals surface area contributed by atoms with Gasteiger partial charge in [0.15, 0.2) is 5.96 Å². The lowest BCUT2D eigenvalue weighted by Gasteiger charge is -2.37. The van der Waals surface area contributed by atoms with Crippen molar-refractivity contribution < 1.29 is 4.74 Å². The van der Waals surface area contributed by atoms with E-state index in [4.69, 9.17) is 21.3 Å². The van der Waals surface area contributed by atoms with E-state index in [0.717, 1.165) is 69.1 Å². The van der Waals surface area contributed by atoms with Crippen molar-refractivity contribution >= 4 is 41.5 Å². The van der Waals surface area contributed by atoms with Crippen LogP contribution < -0.4 is 5.32 Å². The van der Waals surface area contributed by atoms with Gasteiger partial charge in [0.05, 0.1) is 6.54 Å². The van der Waals surface area contributed by atoms with Crippen LogP contribution in [0.4, 0.5) is 0 Å². The molecule has 3 aliphatic heterocycles. The van der Waals surface area contributed by atoms with E-state index in [1.165, 1.54) is 44.5 Å². The molecule has 0 bridgehead atoms. The van der Waals surface area contributed by atoms with Gasteiger partial charge in [0.2, 0.25) is 0 Å². The molecule has 0 radical (unpaired) electrons. The molecule has 3 fully saturated rings. The first kappa shape index (κ1) is 25.1. The molecule has 0 saturated carbocycles. The normalized spacial score (nSPS) is 24.3. The fourth-order valence-electron chi connectivity index (χ4n) is 5.32. The fraction of sp³-hybridized carbons (Fsp3) is 0.708. The zero-order valence-electron chi connectivity index (χ0n) is 18.8. The van der Waals surface area contributed by atoms with Crippen LogP contribution in [-0.2, 0) is 10.2 Å². The summed E-state index contributed by atoms with van der Waals surface area (Å²) in [5.41, 5.74) is 1.19. The number of halogens is 2. The smallest absolute Gasteiger partial charge is 0.193 e. The molecule has 7 heteroatoms. The Kier molecular flexibility index (Phi) is 9.74. The second-order valence-corrected chi connectivity index (χ2v) is 9.56. The molecule has 0 aromatic heterocycles. The predicted octanol–water partition coefficient (Wildman–Crippen LogP) is 4.39. The highest BCUT2D eigenvalue weighted by Gasteiger charge is 2.36. The second-order valence-electron chi connectivity index (χ2n) is 9.15. The van der Waals surface area contributed by atoms with Crippen LogP contribution in [0.5, 0.6) is 0 Å². The van der Waals surface area contributed by atoms with Gasteiger partial charge in [0, 0.05) is 49.8 Å². The summed E-state index contributed by atoms with van der Waals surface area (Å²) in [5.74, 6) is 1.83. The number of hydrogen-bond acceptors (Lipinski definition) is 3. The average Bonchev–Trinajstić information content (AvgIpc) is 3.45. The van der Waals surface area contributed by atoms with Crippen molar-refractivity contribution in [3.8, 4) is 0 Å². The highest BCUT2D eigenvalue weighted by molar-refractivity contribution is 14.0. The topological polar surface area (TPSA) is 40.1 Å². The first-order chi connectivity index (χ1) is 14.7. The van der Waals surface area contributed by atoms with E-state index in [-0.39, 0.29) is 29.4 Å². The highest BCUT2D eigenvalue weighted by atomic mass is 127. The molecule has 3 heterocycles. The number of nitrogens with zero attached hydrogens (tertiary/aromatic N) is 3. The molecular weight excluding hydrogens is 523 g/mol. The zero-order chi connectivity index (χ0) is 20.8. The minimum absolute atomic E-state index is 0. The summed E-state index contributed by atoms with van der Waals surface area (Å²) in [6.07, 6.45) is 5.95. The van der Waals surface area contributed by atoms with Crippen molar-refractivity contribution in [3.05, 3.63) is 34.9 Å². The Morgan fingerprint density at radius 3 is 2.65 bits per heavy atom. The Morgan fingerprint density at radius 1 is 1.19 bits per heavy atom. The maximum atomic E-state index is 6.63. The van der Waals surface area contributed by atoms with Crippen molar-refractivity contribution in [2.45, 2.75) is 44.4 Å². The third kappa shape index (κ3) is 6.27. The molecule has 0 amide bonds. The van der Waals surface area contributed by atoms with E-state index in [2.05, 4.69) is 34.2 Å². The van der Waals surface area contributed by atoms with Gasteiger partial charge in [-0.25, -0.2) is 0 Å². The Bertz CT molecular complexity index is 719. The third-order valence-corrected chi connectivity index (χ3v) is 7.39. The monoisotopic (exact) mass is 560 g/mol.